The van der Waals surface area contributed by atoms with Crippen molar-refractivity contribution in [1.82, 2.24) is 15.1 Å². The van der Waals surface area contributed by atoms with Gasteiger partial charge in [-0.05, 0) is 25.8 Å². The third kappa shape index (κ3) is 2.81. The lowest BCUT2D eigenvalue weighted by Crippen LogP contribution is -2.40. The molecule has 0 radical (unpaired) electrons. The number of aryl methyl sites for hydroxylation is 2. The second-order valence-electron chi connectivity index (χ2n) is 4.80. The standard InChI is InChI=1S/C12H20ClN3O/c1-8-4-5-14-6-11(8)17-7-10-9(2)15-16(3)12(10)13/h8,11,14H,4-7H2,1-3H3. The molecule has 1 aliphatic rings. The molecule has 17 heavy (non-hydrogen) atoms. The van der Waals surface area contributed by atoms with Gasteiger partial charge in [-0.1, -0.05) is 18.5 Å². The van der Waals surface area contributed by atoms with Crippen molar-refractivity contribution < 1.29 is 4.74 Å². The van der Waals surface area contributed by atoms with Crippen molar-refractivity contribution in [2.75, 3.05) is 13.1 Å². The summed E-state index contributed by atoms with van der Waals surface area (Å²) in [5.74, 6) is 0.604. The average molecular weight is 258 g/mol. The third-order valence-electron chi connectivity index (χ3n) is 3.47. The van der Waals surface area contributed by atoms with E-state index in [1.165, 1.54) is 6.42 Å². The molecule has 96 valence electrons. The van der Waals surface area contributed by atoms with Crippen LogP contribution in [-0.4, -0.2) is 29.0 Å². The number of piperidine rings is 1. The van der Waals surface area contributed by atoms with Gasteiger partial charge in [-0.25, -0.2) is 0 Å². The summed E-state index contributed by atoms with van der Waals surface area (Å²) in [7, 11) is 1.85. The van der Waals surface area contributed by atoms with Crippen LogP contribution < -0.4 is 5.32 Å². The normalized spacial score (nSPS) is 25.2. The lowest BCUT2D eigenvalue weighted by atomic mass is 9.97. The minimum absolute atomic E-state index is 0.277. The van der Waals surface area contributed by atoms with Crippen LogP contribution in [0, 0.1) is 12.8 Å². The molecule has 2 heterocycles. The van der Waals surface area contributed by atoms with Crippen LogP contribution in [0.25, 0.3) is 0 Å². The van der Waals surface area contributed by atoms with Gasteiger partial charge in [-0.3, -0.25) is 4.68 Å². The molecule has 0 amide bonds. The van der Waals surface area contributed by atoms with E-state index >= 15 is 0 Å². The largest absolute Gasteiger partial charge is 0.372 e. The van der Waals surface area contributed by atoms with Crippen molar-refractivity contribution in [3.05, 3.63) is 16.4 Å². The SMILES string of the molecule is Cc1nn(C)c(Cl)c1COC1CNCCC1C. The van der Waals surface area contributed by atoms with Crippen molar-refractivity contribution in [1.29, 1.82) is 0 Å². The van der Waals surface area contributed by atoms with Gasteiger partial charge in [0.2, 0.25) is 0 Å². The van der Waals surface area contributed by atoms with E-state index in [9.17, 15) is 0 Å². The smallest absolute Gasteiger partial charge is 0.132 e. The van der Waals surface area contributed by atoms with Crippen LogP contribution in [0.4, 0.5) is 0 Å². The molecule has 0 aromatic carbocycles. The summed E-state index contributed by atoms with van der Waals surface area (Å²) in [4.78, 5) is 0. The van der Waals surface area contributed by atoms with Gasteiger partial charge in [0.25, 0.3) is 0 Å². The van der Waals surface area contributed by atoms with Gasteiger partial charge in [0, 0.05) is 19.2 Å². The number of hydrogen-bond donors (Lipinski definition) is 1. The second kappa shape index (κ2) is 5.38. The fourth-order valence-electron chi connectivity index (χ4n) is 2.21. The molecule has 0 bridgehead atoms. The van der Waals surface area contributed by atoms with Gasteiger partial charge in [-0.15, -0.1) is 0 Å². The number of ether oxygens (including phenoxy) is 1. The molecule has 1 saturated heterocycles. The zero-order chi connectivity index (χ0) is 12.4. The van der Waals surface area contributed by atoms with Crippen molar-refractivity contribution in [2.24, 2.45) is 13.0 Å². The van der Waals surface area contributed by atoms with Gasteiger partial charge in [0.05, 0.1) is 18.4 Å². The van der Waals surface area contributed by atoms with Crippen LogP contribution in [0.15, 0.2) is 0 Å². The summed E-state index contributed by atoms with van der Waals surface area (Å²) in [6.07, 6.45) is 1.45. The third-order valence-corrected chi connectivity index (χ3v) is 3.94. The lowest BCUT2D eigenvalue weighted by Gasteiger charge is -2.29. The minimum atomic E-state index is 0.277. The average Bonchev–Trinajstić information content (AvgIpc) is 2.53. The summed E-state index contributed by atoms with van der Waals surface area (Å²) < 4.78 is 7.65. The predicted octanol–water partition coefficient (Wildman–Crippen LogP) is 1.90. The number of aromatic nitrogens is 2. The number of nitrogens with one attached hydrogen (secondary N) is 1. The molecule has 1 fully saturated rings. The maximum atomic E-state index is 6.17. The fraction of sp³-hybridized carbons (Fsp3) is 0.750. The maximum Gasteiger partial charge on any atom is 0.132 e. The molecular formula is C12H20ClN3O. The molecule has 0 saturated carbocycles. The molecule has 1 aromatic rings. The second-order valence-corrected chi connectivity index (χ2v) is 5.16. The van der Waals surface area contributed by atoms with Crippen LogP contribution in [0.5, 0.6) is 0 Å². The Kier molecular flexibility index (Phi) is 4.07. The summed E-state index contributed by atoms with van der Waals surface area (Å²) in [6.45, 7) is 6.78. The first-order chi connectivity index (χ1) is 8.09. The topological polar surface area (TPSA) is 39.1 Å². The van der Waals surface area contributed by atoms with E-state index < -0.39 is 0 Å². The highest BCUT2D eigenvalue weighted by Crippen LogP contribution is 2.22. The van der Waals surface area contributed by atoms with Crippen LogP contribution in [-0.2, 0) is 18.4 Å². The van der Waals surface area contributed by atoms with Crippen molar-refractivity contribution >= 4 is 11.6 Å². The summed E-state index contributed by atoms with van der Waals surface area (Å²) in [5.41, 5.74) is 1.96. The Balaban J connectivity index is 1.97. The van der Waals surface area contributed by atoms with Crippen molar-refractivity contribution in [3.8, 4) is 0 Å². The van der Waals surface area contributed by atoms with E-state index in [1.54, 1.807) is 4.68 Å². The zero-order valence-corrected chi connectivity index (χ0v) is 11.4. The molecule has 2 unspecified atom stereocenters. The van der Waals surface area contributed by atoms with E-state index in [2.05, 4.69) is 17.3 Å². The molecule has 1 aliphatic heterocycles. The van der Waals surface area contributed by atoms with Crippen LogP contribution in [0.3, 0.4) is 0 Å². The Bertz CT molecular complexity index is 391. The Morgan fingerprint density at radius 1 is 1.59 bits per heavy atom. The van der Waals surface area contributed by atoms with E-state index in [0.29, 0.717) is 17.7 Å². The molecule has 1 aromatic heterocycles. The Morgan fingerprint density at radius 3 is 2.94 bits per heavy atom. The van der Waals surface area contributed by atoms with Crippen LogP contribution in [0.1, 0.15) is 24.6 Å². The molecule has 0 aliphatic carbocycles. The van der Waals surface area contributed by atoms with Crippen molar-refractivity contribution in [2.45, 2.75) is 33.0 Å². The first-order valence-corrected chi connectivity index (χ1v) is 6.47. The monoisotopic (exact) mass is 257 g/mol. The number of nitrogens with zero attached hydrogens (tertiary/aromatic N) is 2. The van der Waals surface area contributed by atoms with Crippen LogP contribution >= 0.6 is 11.6 Å². The van der Waals surface area contributed by atoms with E-state index in [4.69, 9.17) is 16.3 Å². The zero-order valence-electron chi connectivity index (χ0n) is 10.7. The summed E-state index contributed by atoms with van der Waals surface area (Å²) in [5, 5.41) is 8.32. The van der Waals surface area contributed by atoms with Gasteiger partial charge >= 0.3 is 0 Å². The number of halogens is 1. The fourth-order valence-corrected chi connectivity index (χ4v) is 2.44. The highest BCUT2D eigenvalue weighted by atomic mass is 35.5. The Hall–Kier alpha value is -0.580. The molecular weight excluding hydrogens is 238 g/mol. The Labute approximate surface area is 107 Å². The molecule has 5 heteroatoms. The first-order valence-electron chi connectivity index (χ1n) is 6.10. The van der Waals surface area contributed by atoms with Gasteiger partial charge in [0.1, 0.15) is 5.15 Å². The van der Waals surface area contributed by atoms with E-state index in [0.717, 1.165) is 24.3 Å². The Morgan fingerprint density at radius 2 is 2.35 bits per heavy atom. The molecule has 4 nitrogen and oxygen atoms in total. The summed E-state index contributed by atoms with van der Waals surface area (Å²) in [6, 6.07) is 0. The molecule has 2 atom stereocenters. The van der Waals surface area contributed by atoms with Crippen LogP contribution in [0.2, 0.25) is 5.15 Å². The number of rotatable bonds is 3. The van der Waals surface area contributed by atoms with Gasteiger partial charge in [0.15, 0.2) is 0 Å². The quantitative estimate of drug-likeness (QED) is 0.899. The number of hydrogen-bond acceptors (Lipinski definition) is 3. The van der Waals surface area contributed by atoms with Gasteiger partial charge < -0.3 is 10.1 Å². The minimum Gasteiger partial charge on any atom is -0.372 e. The maximum absolute atomic E-state index is 6.17. The van der Waals surface area contributed by atoms with E-state index in [-0.39, 0.29) is 6.10 Å². The molecule has 0 spiro atoms. The van der Waals surface area contributed by atoms with Gasteiger partial charge in [-0.2, -0.15) is 5.10 Å². The first kappa shape index (κ1) is 12.9. The predicted molar refractivity (Wildman–Crippen MR) is 68.2 cm³/mol. The highest BCUT2D eigenvalue weighted by molar-refractivity contribution is 6.30. The lowest BCUT2D eigenvalue weighted by molar-refractivity contribution is -0.00675. The summed E-state index contributed by atoms with van der Waals surface area (Å²) >= 11 is 6.17. The highest BCUT2D eigenvalue weighted by Gasteiger charge is 2.22. The molecule has 1 N–H and O–H groups in total. The van der Waals surface area contributed by atoms with E-state index in [1.807, 2.05) is 14.0 Å². The molecule has 2 rings (SSSR count). The van der Waals surface area contributed by atoms with Crippen molar-refractivity contribution in [3.63, 3.8) is 0 Å².